The van der Waals surface area contributed by atoms with Crippen molar-refractivity contribution < 1.29 is 38.1 Å². The highest BCUT2D eigenvalue weighted by atomic mass is 16.7. The number of esters is 3. The summed E-state index contributed by atoms with van der Waals surface area (Å²) in [5.41, 5.74) is 5.53. The summed E-state index contributed by atoms with van der Waals surface area (Å²) in [5.74, 6) is -1.35. The third-order valence-electron chi connectivity index (χ3n) is 4.77. The molecule has 0 aromatic heterocycles. The van der Waals surface area contributed by atoms with Gasteiger partial charge in [-0.05, 0) is 45.6 Å². The molecule has 1 aliphatic rings. The maximum atomic E-state index is 12.3. The number of hydrogen-bond acceptors (Lipinski definition) is 9. The van der Waals surface area contributed by atoms with Crippen LogP contribution in [0, 0.1) is 0 Å². The number of nitrogens with two attached hydrogens (primary N) is 1. The average molecular weight is 446 g/mol. The molecule has 0 saturated carbocycles. The number of ether oxygens (including phenoxy) is 5. The number of carbonyl (C=O) groups excluding carboxylic acids is 3. The van der Waals surface area contributed by atoms with Crippen LogP contribution in [0.15, 0.2) is 0 Å². The second-order valence-corrected chi connectivity index (χ2v) is 7.69. The third kappa shape index (κ3) is 9.53. The molecule has 5 atom stereocenters. The Morgan fingerprint density at radius 2 is 1.26 bits per heavy atom. The van der Waals surface area contributed by atoms with Crippen molar-refractivity contribution in [2.45, 2.75) is 110 Å². The lowest BCUT2D eigenvalue weighted by Gasteiger charge is -2.43. The molecule has 2 N–H and O–H groups in total. The van der Waals surface area contributed by atoms with Crippen LogP contribution in [0.5, 0.6) is 0 Å². The second kappa shape index (κ2) is 15.2. The largest absolute Gasteiger partial charge is 0.455 e. The van der Waals surface area contributed by atoms with Gasteiger partial charge in [0.05, 0.1) is 6.10 Å². The SMILES string of the molecule is CCCC(=O)O[C@H]1[C@H](OC(=O)CCC)[C@H](OCCCCN)O[C@@H](C)[C@H]1OC(=O)CCC. The van der Waals surface area contributed by atoms with E-state index in [9.17, 15) is 14.4 Å². The minimum atomic E-state index is -1.05. The number of hydrogen-bond donors (Lipinski definition) is 1. The lowest BCUT2D eigenvalue weighted by molar-refractivity contribution is -0.301. The molecule has 0 aliphatic carbocycles. The van der Waals surface area contributed by atoms with Crippen molar-refractivity contribution in [3.63, 3.8) is 0 Å². The fourth-order valence-electron chi connectivity index (χ4n) is 3.22. The van der Waals surface area contributed by atoms with Gasteiger partial charge in [0.15, 0.2) is 24.6 Å². The molecule has 0 bridgehead atoms. The molecule has 1 aliphatic heterocycles. The normalized spacial score (nSPS) is 25.6. The molecule has 0 aromatic carbocycles. The zero-order valence-electron chi connectivity index (χ0n) is 19.3. The molecule has 31 heavy (non-hydrogen) atoms. The Labute approximate surface area is 185 Å². The van der Waals surface area contributed by atoms with Crippen LogP contribution in [0.2, 0.25) is 0 Å². The standard InChI is InChI=1S/C22H39NO8/c1-5-10-16(24)29-19-15(4)28-22(27-14-9-8-13-23)21(31-18(26)12-7-3)20(19)30-17(25)11-6-2/h15,19-22H,5-14,23H2,1-4H3/t15-,19+,20+,21-,22+/m0/s1. The molecular weight excluding hydrogens is 406 g/mol. The molecule has 0 amide bonds. The van der Waals surface area contributed by atoms with Gasteiger partial charge in [-0.15, -0.1) is 0 Å². The van der Waals surface area contributed by atoms with Gasteiger partial charge in [-0.3, -0.25) is 14.4 Å². The van der Waals surface area contributed by atoms with E-state index in [1.807, 2.05) is 20.8 Å². The smallest absolute Gasteiger partial charge is 0.306 e. The van der Waals surface area contributed by atoms with Gasteiger partial charge >= 0.3 is 17.9 Å². The van der Waals surface area contributed by atoms with Crippen LogP contribution in [0.3, 0.4) is 0 Å². The fourth-order valence-corrected chi connectivity index (χ4v) is 3.22. The van der Waals surface area contributed by atoms with E-state index < -0.39 is 48.6 Å². The van der Waals surface area contributed by atoms with Crippen molar-refractivity contribution in [2.24, 2.45) is 5.73 Å². The summed E-state index contributed by atoms with van der Waals surface area (Å²) < 4.78 is 28.7. The number of carbonyl (C=O) groups is 3. The van der Waals surface area contributed by atoms with Crippen LogP contribution in [0.25, 0.3) is 0 Å². The summed E-state index contributed by atoms with van der Waals surface area (Å²) in [7, 11) is 0. The Balaban J connectivity index is 3.13. The molecule has 9 nitrogen and oxygen atoms in total. The Kier molecular flexibility index (Phi) is 13.4. The fraction of sp³-hybridized carbons (Fsp3) is 0.864. The third-order valence-corrected chi connectivity index (χ3v) is 4.77. The molecule has 1 heterocycles. The molecule has 1 fully saturated rings. The molecule has 0 radical (unpaired) electrons. The molecule has 0 unspecified atom stereocenters. The van der Waals surface area contributed by atoms with Crippen LogP contribution in [-0.2, 0) is 38.1 Å². The second-order valence-electron chi connectivity index (χ2n) is 7.69. The van der Waals surface area contributed by atoms with Gasteiger partial charge in [0.25, 0.3) is 0 Å². The molecule has 9 heteroatoms. The first-order chi connectivity index (χ1) is 14.9. The molecular formula is C22H39NO8. The van der Waals surface area contributed by atoms with Crippen LogP contribution in [0.4, 0.5) is 0 Å². The summed E-state index contributed by atoms with van der Waals surface area (Å²) in [5, 5.41) is 0. The Morgan fingerprint density at radius 1 is 0.774 bits per heavy atom. The first kappa shape index (κ1) is 27.3. The van der Waals surface area contributed by atoms with Crippen LogP contribution < -0.4 is 5.73 Å². The van der Waals surface area contributed by atoms with E-state index >= 15 is 0 Å². The summed E-state index contributed by atoms with van der Waals surface area (Å²) in [6.45, 7) is 8.16. The lowest BCUT2D eigenvalue weighted by Crippen LogP contribution is -2.61. The highest BCUT2D eigenvalue weighted by Crippen LogP contribution is 2.30. The number of rotatable bonds is 14. The Morgan fingerprint density at radius 3 is 1.74 bits per heavy atom. The van der Waals surface area contributed by atoms with E-state index in [1.165, 1.54) is 0 Å². The van der Waals surface area contributed by atoms with Gasteiger partial charge in [-0.2, -0.15) is 0 Å². The van der Waals surface area contributed by atoms with E-state index in [1.54, 1.807) is 6.92 Å². The van der Waals surface area contributed by atoms with Crippen LogP contribution in [-0.4, -0.2) is 61.8 Å². The minimum Gasteiger partial charge on any atom is -0.455 e. The maximum Gasteiger partial charge on any atom is 0.306 e. The van der Waals surface area contributed by atoms with Gasteiger partial charge in [-0.1, -0.05) is 20.8 Å². The maximum absolute atomic E-state index is 12.3. The molecule has 0 aromatic rings. The topological polar surface area (TPSA) is 123 Å². The first-order valence-electron chi connectivity index (χ1n) is 11.4. The lowest BCUT2D eigenvalue weighted by atomic mass is 9.98. The van der Waals surface area contributed by atoms with E-state index in [0.717, 1.165) is 6.42 Å². The highest BCUT2D eigenvalue weighted by molar-refractivity contribution is 5.71. The zero-order valence-corrected chi connectivity index (χ0v) is 19.3. The monoisotopic (exact) mass is 445 g/mol. The summed E-state index contributed by atoms with van der Waals surface area (Å²) in [6, 6.07) is 0. The van der Waals surface area contributed by atoms with E-state index in [0.29, 0.717) is 38.8 Å². The Bertz CT molecular complexity index is 556. The van der Waals surface area contributed by atoms with Crippen molar-refractivity contribution in [3.8, 4) is 0 Å². The molecule has 0 spiro atoms. The summed E-state index contributed by atoms with van der Waals surface area (Å²) in [6.07, 6.45) is -0.667. The molecule has 180 valence electrons. The average Bonchev–Trinajstić information content (AvgIpc) is 2.71. The van der Waals surface area contributed by atoms with Crippen LogP contribution in [0.1, 0.15) is 79.1 Å². The van der Waals surface area contributed by atoms with Gasteiger partial charge < -0.3 is 29.4 Å². The quantitative estimate of drug-likeness (QED) is 0.244. The minimum absolute atomic E-state index is 0.193. The highest BCUT2D eigenvalue weighted by Gasteiger charge is 2.51. The van der Waals surface area contributed by atoms with Crippen molar-refractivity contribution in [3.05, 3.63) is 0 Å². The van der Waals surface area contributed by atoms with E-state index in [4.69, 9.17) is 29.4 Å². The molecule has 1 saturated heterocycles. The summed E-state index contributed by atoms with van der Waals surface area (Å²) >= 11 is 0. The van der Waals surface area contributed by atoms with Crippen LogP contribution >= 0.6 is 0 Å². The predicted molar refractivity (Wildman–Crippen MR) is 113 cm³/mol. The van der Waals surface area contributed by atoms with Crippen molar-refractivity contribution in [1.29, 1.82) is 0 Å². The van der Waals surface area contributed by atoms with Crippen molar-refractivity contribution in [1.82, 2.24) is 0 Å². The summed E-state index contributed by atoms with van der Waals surface area (Å²) in [4.78, 5) is 36.8. The Hall–Kier alpha value is -1.71. The van der Waals surface area contributed by atoms with Gasteiger partial charge in [-0.25, -0.2) is 0 Å². The molecule has 1 rings (SSSR count). The van der Waals surface area contributed by atoms with Crippen molar-refractivity contribution in [2.75, 3.05) is 13.2 Å². The number of unbranched alkanes of at least 4 members (excludes halogenated alkanes) is 1. The zero-order chi connectivity index (χ0) is 23.2. The van der Waals surface area contributed by atoms with Gasteiger partial charge in [0.1, 0.15) is 0 Å². The van der Waals surface area contributed by atoms with Crippen molar-refractivity contribution >= 4 is 17.9 Å². The van der Waals surface area contributed by atoms with Gasteiger partial charge in [0.2, 0.25) is 0 Å². The predicted octanol–water partition coefficient (Wildman–Crippen LogP) is 2.62. The first-order valence-corrected chi connectivity index (χ1v) is 11.4. The van der Waals surface area contributed by atoms with Gasteiger partial charge in [0, 0.05) is 25.9 Å². The van der Waals surface area contributed by atoms with E-state index in [2.05, 4.69) is 0 Å². The van der Waals surface area contributed by atoms with E-state index in [-0.39, 0.29) is 19.3 Å².